The number of rotatable bonds is 3. The van der Waals surface area contributed by atoms with E-state index in [1.54, 1.807) is 0 Å². The van der Waals surface area contributed by atoms with Crippen molar-refractivity contribution in [3.8, 4) is 0 Å². The molecule has 3 atom stereocenters. The minimum Gasteiger partial charge on any atom is -0.445 e. The normalized spacial score (nSPS) is 28.3. The minimum absolute atomic E-state index is 0.267. The molecule has 1 aromatic carbocycles. The Morgan fingerprint density at radius 3 is 2.72 bits per heavy atom. The zero-order chi connectivity index (χ0) is 12.4. The third-order valence-electron chi connectivity index (χ3n) is 3.79. The quantitative estimate of drug-likeness (QED) is 0.829. The van der Waals surface area contributed by atoms with Gasteiger partial charge < -0.3 is 10.1 Å². The predicted molar refractivity (Wildman–Crippen MR) is 68.9 cm³/mol. The third kappa shape index (κ3) is 2.40. The van der Waals surface area contributed by atoms with E-state index in [2.05, 4.69) is 17.5 Å². The smallest absolute Gasteiger partial charge is 0.407 e. The summed E-state index contributed by atoms with van der Waals surface area (Å²) < 4.78 is 5.22. The first kappa shape index (κ1) is 11.3. The Labute approximate surface area is 107 Å². The largest absolute Gasteiger partial charge is 0.445 e. The van der Waals surface area contributed by atoms with Crippen molar-refractivity contribution in [2.45, 2.75) is 25.5 Å². The molecule has 2 aliphatic carbocycles. The standard InChI is InChI=1S/C15H17NO2/c17-15(18-10-11-4-2-1-3-5-11)16-14-9-12-6-7-13(14)8-12/h1-7,12-14H,8-10H2,(H,16,17). The maximum absolute atomic E-state index is 11.7. The van der Waals surface area contributed by atoms with Gasteiger partial charge in [-0.3, -0.25) is 0 Å². The lowest BCUT2D eigenvalue weighted by Crippen LogP contribution is -2.37. The number of benzene rings is 1. The number of nitrogens with one attached hydrogen (secondary N) is 1. The SMILES string of the molecule is O=C(NC1CC2C=CC1C2)OCc1ccccc1. The fourth-order valence-electron chi connectivity index (χ4n) is 2.86. The highest BCUT2D eigenvalue weighted by atomic mass is 16.5. The summed E-state index contributed by atoms with van der Waals surface area (Å²) in [6, 6.07) is 10.0. The molecule has 1 aromatic rings. The molecular formula is C15H17NO2. The van der Waals surface area contributed by atoms with E-state index in [0.717, 1.165) is 12.0 Å². The molecule has 1 N–H and O–H groups in total. The maximum Gasteiger partial charge on any atom is 0.407 e. The molecule has 0 saturated heterocycles. The van der Waals surface area contributed by atoms with E-state index >= 15 is 0 Å². The van der Waals surface area contributed by atoms with Crippen LogP contribution in [0, 0.1) is 11.8 Å². The number of allylic oxidation sites excluding steroid dienone is 1. The molecule has 1 saturated carbocycles. The highest BCUT2D eigenvalue weighted by Crippen LogP contribution is 2.38. The highest BCUT2D eigenvalue weighted by Gasteiger charge is 2.36. The fourth-order valence-corrected chi connectivity index (χ4v) is 2.86. The number of ether oxygens (including phenoxy) is 1. The molecule has 2 bridgehead atoms. The highest BCUT2D eigenvalue weighted by molar-refractivity contribution is 5.67. The third-order valence-corrected chi connectivity index (χ3v) is 3.79. The monoisotopic (exact) mass is 243 g/mol. The number of carbonyl (C=O) groups excluding carboxylic acids is 1. The summed E-state index contributed by atoms with van der Waals surface area (Å²) >= 11 is 0. The van der Waals surface area contributed by atoms with Crippen molar-refractivity contribution < 1.29 is 9.53 Å². The molecule has 94 valence electrons. The summed E-state index contributed by atoms with van der Waals surface area (Å²) in [5, 5.41) is 2.97. The molecule has 18 heavy (non-hydrogen) atoms. The molecule has 0 aliphatic heterocycles. The summed E-state index contributed by atoms with van der Waals surface area (Å²) in [5.74, 6) is 1.17. The van der Waals surface area contributed by atoms with Crippen LogP contribution >= 0.6 is 0 Å². The molecule has 0 radical (unpaired) electrons. The van der Waals surface area contributed by atoms with Crippen LogP contribution in [-0.4, -0.2) is 12.1 Å². The van der Waals surface area contributed by atoms with Gasteiger partial charge in [-0.25, -0.2) is 4.79 Å². The predicted octanol–water partition coefficient (Wildman–Crippen LogP) is 2.88. The van der Waals surface area contributed by atoms with Crippen molar-refractivity contribution in [1.29, 1.82) is 0 Å². The number of fused-ring (bicyclic) bond motifs is 2. The lowest BCUT2D eigenvalue weighted by atomic mass is 10.0. The first-order valence-electron chi connectivity index (χ1n) is 6.47. The first-order valence-corrected chi connectivity index (χ1v) is 6.47. The van der Waals surface area contributed by atoms with Gasteiger partial charge in [0.05, 0.1) is 0 Å². The van der Waals surface area contributed by atoms with E-state index in [4.69, 9.17) is 4.74 Å². The average Bonchev–Trinajstić information content (AvgIpc) is 3.00. The Balaban J connectivity index is 1.47. The summed E-state index contributed by atoms with van der Waals surface area (Å²) in [4.78, 5) is 11.7. The zero-order valence-corrected chi connectivity index (χ0v) is 10.2. The van der Waals surface area contributed by atoms with Gasteiger partial charge in [-0.15, -0.1) is 0 Å². The Kier molecular flexibility index (Phi) is 3.05. The topological polar surface area (TPSA) is 38.3 Å². The molecule has 0 heterocycles. The van der Waals surface area contributed by atoms with Gasteiger partial charge in [-0.1, -0.05) is 42.5 Å². The van der Waals surface area contributed by atoms with Crippen LogP contribution in [0.4, 0.5) is 4.79 Å². The molecule has 1 amide bonds. The van der Waals surface area contributed by atoms with Gasteiger partial charge in [0.2, 0.25) is 0 Å². The Morgan fingerprint density at radius 2 is 2.06 bits per heavy atom. The van der Waals surface area contributed by atoms with Crippen LogP contribution in [0.3, 0.4) is 0 Å². The van der Waals surface area contributed by atoms with Crippen LogP contribution in [0.1, 0.15) is 18.4 Å². The number of alkyl carbamates (subject to hydrolysis) is 1. The second-order valence-electron chi connectivity index (χ2n) is 5.09. The molecule has 0 aromatic heterocycles. The van der Waals surface area contributed by atoms with Crippen molar-refractivity contribution >= 4 is 6.09 Å². The molecule has 3 unspecified atom stereocenters. The van der Waals surface area contributed by atoms with E-state index in [9.17, 15) is 4.79 Å². The van der Waals surface area contributed by atoms with Crippen LogP contribution in [-0.2, 0) is 11.3 Å². The van der Waals surface area contributed by atoms with Gasteiger partial charge in [0.15, 0.2) is 0 Å². The molecule has 3 rings (SSSR count). The lowest BCUT2D eigenvalue weighted by molar-refractivity contribution is 0.134. The lowest BCUT2D eigenvalue weighted by Gasteiger charge is -2.19. The molecule has 2 aliphatic rings. The van der Waals surface area contributed by atoms with Crippen LogP contribution in [0.15, 0.2) is 42.5 Å². The molecule has 3 nitrogen and oxygen atoms in total. The molecule has 1 fully saturated rings. The van der Waals surface area contributed by atoms with Crippen LogP contribution in [0.2, 0.25) is 0 Å². The van der Waals surface area contributed by atoms with Gasteiger partial charge in [0.1, 0.15) is 6.61 Å². The van der Waals surface area contributed by atoms with E-state index in [0.29, 0.717) is 18.4 Å². The number of carbonyl (C=O) groups is 1. The second kappa shape index (κ2) is 4.84. The molecule has 3 heteroatoms. The summed E-state index contributed by atoms with van der Waals surface area (Å²) in [6.07, 6.45) is 6.42. The van der Waals surface area contributed by atoms with Crippen molar-refractivity contribution in [1.82, 2.24) is 5.32 Å². The van der Waals surface area contributed by atoms with Crippen LogP contribution < -0.4 is 5.32 Å². The van der Waals surface area contributed by atoms with Gasteiger partial charge in [-0.05, 0) is 30.2 Å². The van der Waals surface area contributed by atoms with E-state index in [1.165, 1.54) is 6.42 Å². The van der Waals surface area contributed by atoms with E-state index in [-0.39, 0.29) is 12.1 Å². The minimum atomic E-state index is -0.301. The van der Waals surface area contributed by atoms with Gasteiger partial charge in [-0.2, -0.15) is 0 Å². The van der Waals surface area contributed by atoms with Gasteiger partial charge >= 0.3 is 6.09 Å². The van der Waals surface area contributed by atoms with E-state index < -0.39 is 0 Å². The van der Waals surface area contributed by atoms with Gasteiger partial charge in [0, 0.05) is 6.04 Å². The summed E-state index contributed by atoms with van der Waals surface area (Å²) in [7, 11) is 0. The van der Waals surface area contributed by atoms with Crippen molar-refractivity contribution in [2.75, 3.05) is 0 Å². The van der Waals surface area contributed by atoms with E-state index in [1.807, 2.05) is 30.3 Å². The van der Waals surface area contributed by atoms with Crippen LogP contribution in [0.25, 0.3) is 0 Å². The summed E-state index contributed by atoms with van der Waals surface area (Å²) in [5.41, 5.74) is 1.01. The fraction of sp³-hybridized carbons (Fsp3) is 0.400. The van der Waals surface area contributed by atoms with Crippen molar-refractivity contribution in [2.24, 2.45) is 11.8 Å². The number of hydrogen-bond donors (Lipinski definition) is 1. The first-order chi connectivity index (χ1) is 8.81. The number of amides is 1. The molecule has 0 spiro atoms. The Bertz CT molecular complexity index is 455. The van der Waals surface area contributed by atoms with Crippen molar-refractivity contribution in [3.63, 3.8) is 0 Å². The van der Waals surface area contributed by atoms with Crippen molar-refractivity contribution in [3.05, 3.63) is 48.0 Å². The summed E-state index contributed by atoms with van der Waals surface area (Å²) in [6.45, 7) is 0.337. The Morgan fingerprint density at radius 1 is 1.22 bits per heavy atom. The second-order valence-corrected chi connectivity index (χ2v) is 5.09. The Hall–Kier alpha value is -1.77. The van der Waals surface area contributed by atoms with Crippen LogP contribution in [0.5, 0.6) is 0 Å². The zero-order valence-electron chi connectivity index (χ0n) is 10.2. The number of hydrogen-bond acceptors (Lipinski definition) is 2. The maximum atomic E-state index is 11.7. The molecular weight excluding hydrogens is 226 g/mol. The average molecular weight is 243 g/mol. The van der Waals surface area contributed by atoms with Gasteiger partial charge in [0.25, 0.3) is 0 Å².